The van der Waals surface area contributed by atoms with E-state index in [4.69, 9.17) is 9.15 Å². The maximum Gasteiger partial charge on any atom is 0.161 e. The molecule has 41 heavy (non-hydrogen) atoms. The van der Waals surface area contributed by atoms with E-state index in [2.05, 4.69) is 114 Å². The Morgan fingerprint density at radius 1 is 0.780 bits per heavy atom. The summed E-state index contributed by atoms with van der Waals surface area (Å²) in [5.41, 5.74) is 12.4. The third-order valence-electron chi connectivity index (χ3n) is 9.52. The minimum Gasteiger partial charge on any atom is -0.471 e. The number of allylic oxidation sites excluding steroid dienone is 2. The number of ether oxygens (including phenoxy) is 1. The highest BCUT2D eigenvalue weighted by Crippen LogP contribution is 2.52. The predicted octanol–water partition coefficient (Wildman–Crippen LogP) is 8.88. The van der Waals surface area contributed by atoms with Crippen molar-refractivity contribution >= 4 is 44.7 Å². The lowest BCUT2D eigenvalue weighted by Crippen LogP contribution is -2.23. The Bertz CT molecular complexity index is 2090. The van der Waals surface area contributed by atoms with Crippen LogP contribution in [0.2, 0.25) is 0 Å². The minimum absolute atomic E-state index is 0.257. The quantitative estimate of drug-likeness (QED) is 0.222. The van der Waals surface area contributed by atoms with E-state index >= 15 is 0 Å². The Hall–Kier alpha value is -4.70. The number of benzene rings is 4. The van der Waals surface area contributed by atoms with Crippen molar-refractivity contribution in [3.63, 3.8) is 0 Å². The van der Waals surface area contributed by atoms with E-state index in [-0.39, 0.29) is 5.92 Å². The minimum atomic E-state index is 0.257. The van der Waals surface area contributed by atoms with Crippen LogP contribution in [0, 0.1) is 5.92 Å². The van der Waals surface area contributed by atoms with Crippen LogP contribution in [0.3, 0.4) is 0 Å². The van der Waals surface area contributed by atoms with Gasteiger partial charge in [-0.25, -0.2) is 0 Å². The van der Waals surface area contributed by atoms with Crippen LogP contribution in [0.25, 0.3) is 50.4 Å². The van der Waals surface area contributed by atoms with Gasteiger partial charge < -0.3 is 18.6 Å². The maximum absolute atomic E-state index is 6.57. The average Bonchev–Trinajstić information content (AvgIpc) is 3.67. The lowest BCUT2D eigenvalue weighted by atomic mass is 9.72. The molecule has 3 aliphatic rings. The number of aromatic nitrogens is 1. The summed E-state index contributed by atoms with van der Waals surface area (Å²) in [5, 5.41) is 3.63. The van der Waals surface area contributed by atoms with Crippen molar-refractivity contribution < 1.29 is 9.15 Å². The molecule has 1 aliphatic heterocycles. The van der Waals surface area contributed by atoms with Crippen molar-refractivity contribution in [2.45, 2.75) is 25.7 Å². The molecular formula is C37H30N2O2. The summed E-state index contributed by atoms with van der Waals surface area (Å²) < 4.78 is 15.4. The fourth-order valence-electron chi connectivity index (χ4n) is 7.60. The molecule has 4 nitrogen and oxygen atoms in total. The highest BCUT2D eigenvalue weighted by atomic mass is 16.5. The molecule has 0 saturated heterocycles. The number of furan rings is 1. The Labute approximate surface area is 238 Å². The third kappa shape index (κ3) is 3.16. The van der Waals surface area contributed by atoms with E-state index in [0.29, 0.717) is 12.6 Å². The highest BCUT2D eigenvalue weighted by molar-refractivity contribution is 6.09. The molecule has 0 saturated carbocycles. The summed E-state index contributed by atoms with van der Waals surface area (Å²) in [6, 6.07) is 32.6. The molecule has 4 aromatic carbocycles. The number of rotatable bonds is 2. The van der Waals surface area contributed by atoms with Crippen LogP contribution in [0.1, 0.15) is 41.6 Å². The molecule has 2 unspecified atom stereocenters. The molecule has 9 rings (SSSR count). The molecule has 6 aromatic rings. The first-order chi connectivity index (χ1) is 20.2. The SMILES string of the molecule is CC1Cc2c(c3ccccc3n2-c2ccccc2)C=C1C1CC2=C(OCN2C)c2c1ccc1c2oc2ccccc21. The van der Waals surface area contributed by atoms with Gasteiger partial charge in [-0.15, -0.1) is 0 Å². The second-order valence-corrected chi connectivity index (χ2v) is 11.8. The molecule has 2 atom stereocenters. The van der Waals surface area contributed by atoms with Gasteiger partial charge in [-0.05, 0) is 42.2 Å². The zero-order valence-corrected chi connectivity index (χ0v) is 23.2. The normalized spacial score (nSPS) is 19.9. The summed E-state index contributed by atoms with van der Waals surface area (Å²) in [4.78, 5) is 2.27. The lowest BCUT2D eigenvalue weighted by Gasteiger charge is -2.34. The number of hydrogen-bond donors (Lipinski definition) is 0. The Balaban J connectivity index is 1.28. The first-order valence-electron chi connectivity index (χ1n) is 14.6. The predicted molar refractivity (Wildman–Crippen MR) is 166 cm³/mol. The van der Waals surface area contributed by atoms with Crippen LogP contribution < -0.4 is 0 Å². The van der Waals surface area contributed by atoms with Crippen LogP contribution in [0.5, 0.6) is 0 Å². The Morgan fingerprint density at radius 3 is 2.44 bits per heavy atom. The molecular weight excluding hydrogens is 504 g/mol. The first-order valence-corrected chi connectivity index (χ1v) is 14.6. The molecule has 0 N–H and O–H groups in total. The number of hydrogen-bond acceptors (Lipinski definition) is 3. The lowest BCUT2D eigenvalue weighted by molar-refractivity contribution is 0.200. The van der Waals surface area contributed by atoms with Crippen LogP contribution in [0.4, 0.5) is 0 Å². The molecule has 3 heterocycles. The van der Waals surface area contributed by atoms with E-state index in [9.17, 15) is 0 Å². The fourth-order valence-corrected chi connectivity index (χ4v) is 7.60. The van der Waals surface area contributed by atoms with E-state index in [1.165, 1.54) is 44.7 Å². The van der Waals surface area contributed by atoms with E-state index in [0.717, 1.165) is 46.1 Å². The van der Waals surface area contributed by atoms with Crippen molar-refractivity contribution in [1.29, 1.82) is 0 Å². The van der Waals surface area contributed by atoms with Gasteiger partial charge in [0.15, 0.2) is 12.5 Å². The fraction of sp³-hybridized carbons (Fsp3) is 0.189. The smallest absolute Gasteiger partial charge is 0.161 e. The second kappa shape index (κ2) is 8.40. The summed E-state index contributed by atoms with van der Waals surface area (Å²) in [7, 11) is 2.15. The van der Waals surface area contributed by atoms with Gasteiger partial charge in [-0.2, -0.15) is 0 Å². The Morgan fingerprint density at radius 2 is 1.56 bits per heavy atom. The van der Waals surface area contributed by atoms with Crippen molar-refractivity contribution in [3.05, 3.63) is 125 Å². The molecule has 4 heteroatoms. The van der Waals surface area contributed by atoms with Crippen molar-refractivity contribution in [2.75, 3.05) is 13.8 Å². The zero-order valence-electron chi connectivity index (χ0n) is 23.2. The molecule has 0 spiro atoms. The summed E-state index contributed by atoms with van der Waals surface area (Å²) in [5.74, 6) is 1.65. The molecule has 0 bridgehead atoms. The number of nitrogens with zero attached hydrogens (tertiary/aromatic N) is 2. The van der Waals surface area contributed by atoms with Crippen molar-refractivity contribution in [2.24, 2.45) is 5.92 Å². The monoisotopic (exact) mass is 534 g/mol. The molecule has 2 aliphatic carbocycles. The van der Waals surface area contributed by atoms with Gasteiger partial charge in [-0.1, -0.05) is 85.3 Å². The van der Waals surface area contributed by atoms with Crippen molar-refractivity contribution in [3.8, 4) is 5.69 Å². The molecule has 0 amide bonds. The number of fused-ring (bicyclic) bond motifs is 9. The highest BCUT2D eigenvalue weighted by Gasteiger charge is 2.39. The summed E-state index contributed by atoms with van der Waals surface area (Å²) in [6.07, 6.45) is 4.46. The van der Waals surface area contributed by atoms with Crippen LogP contribution >= 0.6 is 0 Å². The Kier molecular flexibility index (Phi) is 4.72. The van der Waals surface area contributed by atoms with Gasteiger partial charge in [0.1, 0.15) is 11.2 Å². The van der Waals surface area contributed by atoms with Crippen LogP contribution in [0.15, 0.2) is 107 Å². The molecule has 200 valence electrons. The van der Waals surface area contributed by atoms with Gasteiger partial charge in [0.2, 0.25) is 0 Å². The van der Waals surface area contributed by atoms with Gasteiger partial charge >= 0.3 is 0 Å². The second-order valence-electron chi connectivity index (χ2n) is 11.8. The standard InChI is InChI=1S/C37H30N2O2/c1-22-18-32-30(24-12-6-8-14-31(24)39(32)23-10-4-3-5-11-23)19-28(22)29-20-33-37(40-21-38(33)2)35-26(29)16-17-27-25-13-7-9-15-34(25)41-36(27)35/h3-17,19,22,29H,18,20-21H2,1-2H3. The van der Waals surface area contributed by atoms with Gasteiger partial charge in [0.25, 0.3) is 0 Å². The topological polar surface area (TPSA) is 30.5 Å². The van der Waals surface area contributed by atoms with E-state index in [1.54, 1.807) is 0 Å². The van der Waals surface area contributed by atoms with Crippen LogP contribution in [-0.2, 0) is 11.2 Å². The van der Waals surface area contributed by atoms with Gasteiger partial charge in [0.05, 0.1) is 16.8 Å². The first kappa shape index (κ1) is 23.0. The largest absolute Gasteiger partial charge is 0.471 e. The maximum atomic E-state index is 6.57. The van der Waals surface area contributed by atoms with Gasteiger partial charge in [0, 0.05) is 52.5 Å². The van der Waals surface area contributed by atoms with Gasteiger partial charge in [-0.3, -0.25) is 0 Å². The summed E-state index contributed by atoms with van der Waals surface area (Å²) in [6.45, 7) is 2.98. The van der Waals surface area contributed by atoms with E-state index < -0.39 is 0 Å². The zero-order chi connectivity index (χ0) is 27.2. The molecule has 0 fully saturated rings. The average molecular weight is 535 g/mol. The van der Waals surface area contributed by atoms with E-state index in [1.807, 2.05) is 6.07 Å². The number of para-hydroxylation sites is 3. The molecule has 2 aromatic heterocycles. The van der Waals surface area contributed by atoms with Crippen molar-refractivity contribution in [1.82, 2.24) is 9.47 Å². The third-order valence-corrected chi connectivity index (χ3v) is 9.52. The summed E-state index contributed by atoms with van der Waals surface area (Å²) >= 11 is 0. The molecule has 0 radical (unpaired) electrons. The van der Waals surface area contributed by atoms with Crippen LogP contribution in [-0.4, -0.2) is 23.2 Å².